The fourth-order valence-electron chi connectivity index (χ4n) is 2.72. The Morgan fingerprint density at radius 1 is 1.21 bits per heavy atom. The first-order valence-corrected chi connectivity index (χ1v) is 7.95. The number of methoxy groups -OCH3 is 1. The van der Waals surface area contributed by atoms with Crippen LogP contribution in [-0.2, 0) is 19.1 Å². The summed E-state index contributed by atoms with van der Waals surface area (Å²) in [6.07, 6.45) is 5.60. The van der Waals surface area contributed by atoms with Crippen molar-refractivity contribution < 1.29 is 19.1 Å². The molecule has 1 aliphatic rings. The molecule has 6 heteroatoms. The summed E-state index contributed by atoms with van der Waals surface area (Å²) in [5.41, 5.74) is 1.54. The third-order valence-electron chi connectivity index (χ3n) is 3.91. The maximum Gasteiger partial charge on any atom is 0.328 e. The van der Waals surface area contributed by atoms with Gasteiger partial charge in [0.1, 0.15) is 6.04 Å². The molecule has 128 valence electrons. The zero-order valence-corrected chi connectivity index (χ0v) is 14.0. The zero-order valence-electron chi connectivity index (χ0n) is 14.0. The quantitative estimate of drug-likeness (QED) is 0.678. The van der Waals surface area contributed by atoms with Gasteiger partial charge >= 0.3 is 5.97 Å². The third-order valence-corrected chi connectivity index (χ3v) is 3.91. The van der Waals surface area contributed by atoms with Crippen LogP contribution in [0.25, 0.3) is 6.08 Å². The van der Waals surface area contributed by atoms with Gasteiger partial charge in [0, 0.05) is 25.2 Å². The van der Waals surface area contributed by atoms with Gasteiger partial charge in [0.25, 0.3) is 0 Å². The van der Waals surface area contributed by atoms with Crippen molar-refractivity contribution in [3.05, 3.63) is 35.9 Å². The number of likely N-dealkylation sites (tertiary alicyclic amines) is 1. The normalized spacial score (nSPS) is 17.6. The summed E-state index contributed by atoms with van der Waals surface area (Å²) in [7, 11) is 1.34. The summed E-state index contributed by atoms with van der Waals surface area (Å²) in [5, 5.41) is 2.68. The van der Waals surface area contributed by atoms with E-state index in [0.29, 0.717) is 18.7 Å². The molecule has 0 saturated carbocycles. The van der Waals surface area contributed by atoms with Gasteiger partial charge < -0.3 is 15.0 Å². The number of piperidine rings is 1. The number of esters is 1. The maximum atomic E-state index is 12.4. The molecule has 0 bridgehead atoms. The van der Waals surface area contributed by atoms with Crippen molar-refractivity contribution in [2.75, 3.05) is 19.0 Å². The second-order valence-corrected chi connectivity index (χ2v) is 5.70. The van der Waals surface area contributed by atoms with Crippen LogP contribution in [0, 0.1) is 0 Å². The lowest BCUT2D eigenvalue weighted by Gasteiger charge is -2.32. The highest BCUT2D eigenvalue weighted by molar-refractivity contribution is 5.95. The molecule has 0 aliphatic carbocycles. The lowest BCUT2D eigenvalue weighted by molar-refractivity contribution is -0.153. The van der Waals surface area contributed by atoms with Crippen molar-refractivity contribution in [2.45, 2.75) is 32.2 Å². The van der Waals surface area contributed by atoms with Gasteiger partial charge in [-0.3, -0.25) is 9.59 Å². The smallest absolute Gasteiger partial charge is 0.328 e. The number of hydrogen-bond acceptors (Lipinski definition) is 4. The molecule has 1 fully saturated rings. The van der Waals surface area contributed by atoms with Crippen LogP contribution in [-0.4, -0.2) is 42.4 Å². The van der Waals surface area contributed by atoms with Crippen LogP contribution in [0.5, 0.6) is 0 Å². The molecule has 1 aromatic rings. The van der Waals surface area contributed by atoms with E-state index >= 15 is 0 Å². The summed E-state index contributed by atoms with van der Waals surface area (Å²) in [4.78, 5) is 36.7. The first-order chi connectivity index (χ1) is 11.5. The van der Waals surface area contributed by atoms with E-state index in [-0.39, 0.29) is 17.8 Å². The number of ether oxygens (including phenoxy) is 1. The molecule has 0 spiro atoms. The molecular formula is C18H22N2O4. The van der Waals surface area contributed by atoms with Crippen molar-refractivity contribution in [2.24, 2.45) is 0 Å². The number of nitrogens with zero attached hydrogens (tertiary/aromatic N) is 1. The zero-order chi connectivity index (χ0) is 17.5. The molecule has 6 nitrogen and oxygen atoms in total. The Morgan fingerprint density at radius 3 is 2.54 bits per heavy atom. The molecule has 1 unspecified atom stereocenters. The van der Waals surface area contributed by atoms with Gasteiger partial charge in [-0.15, -0.1) is 0 Å². The monoisotopic (exact) mass is 330 g/mol. The van der Waals surface area contributed by atoms with Crippen molar-refractivity contribution in [1.29, 1.82) is 0 Å². The molecule has 2 amide bonds. The predicted octanol–water partition coefficient (Wildman–Crippen LogP) is 2.21. The van der Waals surface area contributed by atoms with E-state index in [2.05, 4.69) is 5.32 Å². The van der Waals surface area contributed by atoms with Crippen LogP contribution >= 0.6 is 0 Å². The van der Waals surface area contributed by atoms with E-state index < -0.39 is 6.04 Å². The van der Waals surface area contributed by atoms with Crippen LogP contribution in [0.4, 0.5) is 5.69 Å². The molecule has 1 aliphatic heterocycles. The number of amides is 2. The van der Waals surface area contributed by atoms with E-state index in [9.17, 15) is 14.4 Å². The number of nitrogens with one attached hydrogen (secondary N) is 1. The predicted molar refractivity (Wildman–Crippen MR) is 91.1 cm³/mol. The first kappa shape index (κ1) is 17.7. The topological polar surface area (TPSA) is 75.7 Å². The molecular weight excluding hydrogens is 308 g/mol. The van der Waals surface area contributed by atoms with E-state index in [1.54, 1.807) is 23.1 Å². The van der Waals surface area contributed by atoms with Crippen LogP contribution in [0.2, 0.25) is 0 Å². The fraction of sp³-hybridized carbons (Fsp3) is 0.389. The second kappa shape index (κ2) is 8.29. The number of rotatable bonds is 4. The molecule has 0 aromatic heterocycles. The summed E-state index contributed by atoms with van der Waals surface area (Å²) in [6, 6.07) is 6.66. The fourth-order valence-corrected chi connectivity index (χ4v) is 2.72. The lowest BCUT2D eigenvalue weighted by Crippen LogP contribution is -2.47. The second-order valence-electron chi connectivity index (χ2n) is 5.70. The van der Waals surface area contributed by atoms with Crippen LogP contribution < -0.4 is 5.32 Å². The number of anilines is 1. The highest BCUT2D eigenvalue weighted by atomic mass is 16.5. The van der Waals surface area contributed by atoms with Crippen LogP contribution in [0.3, 0.4) is 0 Å². The van der Waals surface area contributed by atoms with Gasteiger partial charge in [-0.05, 0) is 43.0 Å². The molecule has 1 N–H and O–H groups in total. The van der Waals surface area contributed by atoms with Crippen molar-refractivity contribution in [3.63, 3.8) is 0 Å². The largest absolute Gasteiger partial charge is 0.467 e. The Morgan fingerprint density at radius 2 is 1.92 bits per heavy atom. The van der Waals surface area contributed by atoms with E-state index in [4.69, 9.17) is 4.74 Å². The van der Waals surface area contributed by atoms with Crippen LogP contribution in [0.1, 0.15) is 31.7 Å². The molecule has 1 atom stereocenters. The Kier molecular flexibility index (Phi) is 6.12. The van der Waals surface area contributed by atoms with Gasteiger partial charge in [-0.1, -0.05) is 12.1 Å². The summed E-state index contributed by atoms with van der Waals surface area (Å²) in [5.74, 6) is -0.695. The van der Waals surface area contributed by atoms with Crippen molar-refractivity contribution >= 4 is 29.5 Å². The molecule has 1 heterocycles. The molecule has 0 radical (unpaired) electrons. The van der Waals surface area contributed by atoms with Crippen molar-refractivity contribution in [1.82, 2.24) is 4.90 Å². The number of carbonyl (C=O) groups excluding carboxylic acids is 3. The Balaban J connectivity index is 2.03. The van der Waals surface area contributed by atoms with Crippen LogP contribution in [0.15, 0.2) is 30.3 Å². The van der Waals surface area contributed by atoms with E-state index in [1.807, 2.05) is 12.1 Å². The minimum absolute atomic E-state index is 0.132. The van der Waals surface area contributed by atoms with Crippen molar-refractivity contribution in [3.8, 4) is 0 Å². The lowest BCUT2D eigenvalue weighted by atomic mass is 10.0. The Bertz CT molecular complexity index is 637. The standard InChI is InChI=1S/C18H22N2O4/c1-13(21)19-15-9-6-14(7-10-15)8-11-17(22)20-12-4-3-5-16(20)18(23)24-2/h6-11,16H,3-5,12H2,1-2H3,(H,19,21)/b11-8+. The molecule has 1 aromatic carbocycles. The van der Waals surface area contributed by atoms with Gasteiger partial charge in [0.05, 0.1) is 7.11 Å². The SMILES string of the molecule is COC(=O)C1CCCCN1C(=O)/C=C/c1ccc(NC(C)=O)cc1. The average molecular weight is 330 g/mol. The minimum atomic E-state index is -0.497. The van der Waals surface area contributed by atoms with Gasteiger partial charge in [-0.2, -0.15) is 0 Å². The highest BCUT2D eigenvalue weighted by Crippen LogP contribution is 2.19. The van der Waals surface area contributed by atoms with Gasteiger partial charge in [0.15, 0.2) is 0 Å². The Hall–Kier alpha value is -2.63. The summed E-state index contributed by atoms with van der Waals surface area (Å²) >= 11 is 0. The van der Waals surface area contributed by atoms with E-state index in [1.165, 1.54) is 20.1 Å². The average Bonchev–Trinajstić information content (AvgIpc) is 2.59. The minimum Gasteiger partial charge on any atom is -0.467 e. The summed E-state index contributed by atoms with van der Waals surface area (Å²) < 4.78 is 4.79. The number of carbonyl (C=O) groups is 3. The highest BCUT2D eigenvalue weighted by Gasteiger charge is 2.31. The van der Waals surface area contributed by atoms with E-state index in [0.717, 1.165) is 18.4 Å². The third kappa shape index (κ3) is 4.68. The summed E-state index contributed by atoms with van der Waals surface area (Å²) in [6.45, 7) is 2.01. The number of benzene rings is 1. The van der Waals surface area contributed by atoms with Gasteiger partial charge in [0.2, 0.25) is 11.8 Å². The maximum absolute atomic E-state index is 12.4. The molecule has 24 heavy (non-hydrogen) atoms. The molecule has 2 rings (SSSR count). The number of hydrogen-bond donors (Lipinski definition) is 1. The first-order valence-electron chi connectivity index (χ1n) is 7.95. The molecule has 1 saturated heterocycles. The van der Waals surface area contributed by atoms with Gasteiger partial charge in [-0.25, -0.2) is 4.79 Å². The Labute approximate surface area is 141 Å².